The van der Waals surface area contributed by atoms with Gasteiger partial charge < -0.3 is 10.5 Å². The van der Waals surface area contributed by atoms with Crippen molar-refractivity contribution >= 4 is 5.82 Å². The van der Waals surface area contributed by atoms with E-state index in [9.17, 15) is 0 Å². The number of terminal acetylenes is 1. The van der Waals surface area contributed by atoms with Crippen LogP contribution in [-0.4, -0.2) is 16.6 Å². The summed E-state index contributed by atoms with van der Waals surface area (Å²) in [6, 6.07) is 1.86. The maximum absolute atomic E-state index is 5.39. The predicted octanol–water partition coefficient (Wildman–Crippen LogP) is 0.461. The van der Waals surface area contributed by atoms with Crippen molar-refractivity contribution in [3.05, 3.63) is 12.3 Å². The van der Waals surface area contributed by atoms with Crippen molar-refractivity contribution in [2.24, 2.45) is 0 Å². The Kier molecular flexibility index (Phi) is 2.91. The third-order valence-corrected chi connectivity index (χ3v) is 1.13. The summed E-state index contributed by atoms with van der Waals surface area (Å²) in [6.07, 6.45) is 7.10. The summed E-state index contributed by atoms with van der Waals surface area (Å²) in [5.74, 6) is 2.83. The molecule has 0 radical (unpaired) electrons. The van der Waals surface area contributed by atoms with E-state index in [1.165, 1.54) is 6.20 Å². The third kappa shape index (κ3) is 2.46. The van der Waals surface area contributed by atoms with E-state index in [0.717, 1.165) is 0 Å². The lowest BCUT2D eigenvalue weighted by Gasteiger charge is -2.00. The van der Waals surface area contributed by atoms with E-state index in [0.29, 0.717) is 18.8 Å². The van der Waals surface area contributed by atoms with Gasteiger partial charge in [-0.3, -0.25) is 0 Å². The molecular weight excluding hydrogens is 154 g/mol. The van der Waals surface area contributed by atoms with Gasteiger partial charge in [0.15, 0.2) is 0 Å². The molecule has 1 aromatic rings. The minimum Gasteiger partial charge on any atom is -0.462 e. The lowest BCUT2D eigenvalue weighted by Crippen LogP contribution is -2.01. The van der Waals surface area contributed by atoms with Crippen LogP contribution in [0.15, 0.2) is 12.3 Å². The largest absolute Gasteiger partial charge is 0.462 e. The maximum Gasteiger partial charge on any atom is 0.318 e. The average Bonchev–Trinajstić information content (AvgIpc) is 2.05. The number of nitrogen functional groups attached to an aromatic ring is 1. The van der Waals surface area contributed by atoms with Gasteiger partial charge in [-0.05, 0) is 6.07 Å². The normalized spacial score (nSPS) is 8.92. The van der Waals surface area contributed by atoms with Crippen LogP contribution < -0.4 is 10.5 Å². The van der Waals surface area contributed by atoms with Crippen molar-refractivity contribution in [1.29, 1.82) is 0 Å². The van der Waals surface area contributed by atoms with Crippen LogP contribution in [0.4, 0.5) is 5.82 Å². The van der Waals surface area contributed by atoms with Crippen LogP contribution in [0.1, 0.15) is 6.42 Å². The summed E-state index contributed by atoms with van der Waals surface area (Å²) in [7, 11) is 0. The van der Waals surface area contributed by atoms with Gasteiger partial charge in [-0.15, -0.1) is 12.3 Å². The van der Waals surface area contributed by atoms with E-state index in [4.69, 9.17) is 16.9 Å². The van der Waals surface area contributed by atoms with Crippen LogP contribution >= 0.6 is 0 Å². The molecule has 0 bridgehead atoms. The molecule has 4 heteroatoms. The van der Waals surface area contributed by atoms with Gasteiger partial charge >= 0.3 is 6.01 Å². The van der Waals surface area contributed by atoms with Crippen molar-refractivity contribution in [2.45, 2.75) is 6.42 Å². The zero-order valence-electron chi connectivity index (χ0n) is 6.53. The molecule has 1 aromatic heterocycles. The second-order valence-electron chi connectivity index (χ2n) is 2.07. The molecule has 0 spiro atoms. The quantitative estimate of drug-likeness (QED) is 0.519. The SMILES string of the molecule is C#CCCOc1nccc(N)n1. The number of hydrogen-bond acceptors (Lipinski definition) is 4. The van der Waals surface area contributed by atoms with E-state index >= 15 is 0 Å². The molecule has 0 saturated heterocycles. The van der Waals surface area contributed by atoms with Gasteiger partial charge in [-0.2, -0.15) is 4.98 Å². The van der Waals surface area contributed by atoms with E-state index in [1.54, 1.807) is 6.07 Å². The number of nitrogens with two attached hydrogens (primary N) is 1. The first-order valence-electron chi connectivity index (χ1n) is 3.47. The number of ether oxygens (including phenoxy) is 1. The van der Waals surface area contributed by atoms with Crippen LogP contribution in [0, 0.1) is 12.3 Å². The molecule has 0 unspecified atom stereocenters. The van der Waals surface area contributed by atoms with Gasteiger partial charge in [0, 0.05) is 12.6 Å². The van der Waals surface area contributed by atoms with E-state index in [2.05, 4.69) is 15.9 Å². The van der Waals surface area contributed by atoms with E-state index in [1.807, 2.05) is 0 Å². The standard InChI is InChI=1S/C8H9N3O/c1-2-3-6-12-8-10-5-4-7(9)11-8/h1,4-5H,3,6H2,(H2,9,10,11). The Labute approximate surface area is 70.8 Å². The van der Waals surface area contributed by atoms with Gasteiger partial charge in [-0.25, -0.2) is 4.98 Å². The highest BCUT2D eigenvalue weighted by molar-refractivity contribution is 5.26. The van der Waals surface area contributed by atoms with Crippen molar-refractivity contribution in [2.75, 3.05) is 12.3 Å². The lowest BCUT2D eigenvalue weighted by molar-refractivity contribution is 0.301. The molecule has 0 fully saturated rings. The van der Waals surface area contributed by atoms with Gasteiger partial charge in [0.05, 0.1) is 0 Å². The van der Waals surface area contributed by atoms with Gasteiger partial charge in [0.1, 0.15) is 12.4 Å². The Balaban J connectivity index is 2.48. The van der Waals surface area contributed by atoms with E-state index < -0.39 is 0 Å². The summed E-state index contributed by atoms with van der Waals surface area (Å²) in [5.41, 5.74) is 5.39. The Morgan fingerprint density at radius 3 is 3.17 bits per heavy atom. The van der Waals surface area contributed by atoms with Crippen LogP contribution in [0.3, 0.4) is 0 Å². The number of hydrogen-bond donors (Lipinski definition) is 1. The van der Waals surface area contributed by atoms with Crippen molar-refractivity contribution in [3.63, 3.8) is 0 Å². The summed E-state index contributed by atoms with van der Waals surface area (Å²) in [5, 5.41) is 0. The molecule has 0 amide bonds. The predicted molar refractivity (Wildman–Crippen MR) is 45.4 cm³/mol. The number of aromatic nitrogens is 2. The lowest BCUT2D eigenvalue weighted by atomic mass is 10.5. The highest BCUT2D eigenvalue weighted by atomic mass is 16.5. The van der Waals surface area contributed by atoms with Crippen molar-refractivity contribution in [1.82, 2.24) is 9.97 Å². The van der Waals surface area contributed by atoms with Gasteiger partial charge in [-0.1, -0.05) is 0 Å². The first kappa shape index (κ1) is 8.34. The summed E-state index contributed by atoms with van der Waals surface area (Å²) < 4.78 is 5.08. The highest BCUT2D eigenvalue weighted by Gasteiger charge is 1.95. The molecule has 1 rings (SSSR count). The highest BCUT2D eigenvalue weighted by Crippen LogP contribution is 2.03. The van der Waals surface area contributed by atoms with Crippen LogP contribution in [0.25, 0.3) is 0 Å². The molecule has 0 aliphatic carbocycles. The van der Waals surface area contributed by atoms with Crippen molar-refractivity contribution < 1.29 is 4.74 Å². The number of rotatable bonds is 3. The molecule has 4 nitrogen and oxygen atoms in total. The topological polar surface area (TPSA) is 61.0 Å². The van der Waals surface area contributed by atoms with Gasteiger partial charge in [0.25, 0.3) is 0 Å². The molecular formula is C8H9N3O. The fourth-order valence-electron chi connectivity index (χ4n) is 0.625. The molecule has 12 heavy (non-hydrogen) atoms. The Hall–Kier alpha value is -1.76. The zero-order valence-corrected chi connectivity index (χ0v) is 6.53. The molecule has 1 heterocycles. The second-order valence-corrected chi connectivity index (χ2v) is 2.07. The molecule has 0 aliphatic rings. The fraction of sp³-hybridized carbons (Fsp3) is 0.250. The first-order chi connectivity index (χ1) is 5.83. The first-order valence-corrected chi connectivity index (χ1v) is 3.47. The molecule has 0 atom stereocenters. The summed E-state index contributed by atoms with van der Waals surface area (Å²) >= 11 is 0. The molecule has 62 valence electrons. The van der Waals surface area contributed by atoms with Crippen LogP contribution in [0.5, 0.6) is 6.01 Å². The Morgan fingerprint density at radius 2 is 2.50 bits per heavy atom. The fourth-order valence-corrected chi connectivity index (χ4v) is 0.625. The Morgan fingerprint density at radius 1 is 1.67 bits per heavy atom. The van der Waals surface area contributed by atoms with Crippen LogP contribution in [-0.2, 0) is 0 Å². The van der Waals surface area contributed by atoms with Crippen molar-refractivity contribution in [3.8, 4) is 18.4 Å². The molecule has 0 saturated carbocycles. The zero-order chi connectivity index (χ0) is 8.81. The number of anilines is 1. The molecule has 0 aliphatic heterocycles. The minimum absolute atomic E-state index is 0.269. The monoisotopic (exact) mass is 163 g/mol. The second kappa shape index (κ2) is 4.19. The summed E-state index contributed by atoms with van der Waals surface area (Å²) in [6.45, 7) is 0.417. The number of nitrogens with zero attached hydrogens (tertiary/aromatic N) is 2. The third-order valence-electron chi connectivity index (χ3n) is 1.13. The van der Waals surface area contributed by atoms with E-state index in [-0.39, 0.29) is 6.01 Å². The maximum atomic E-state index is 5.39. The smallest absolute Gasteiger partial charge is 0.318 e. The average molecular weight is 163 g/mol. The van der Waals surface area contributed by atoms with Gasteiger partial charge in [0.2, 0.25) is 0 Å². The minimum atomic E-state index is 0.269. The van der Waals surface area contributed by atoms with Crippen LogP contribution in [0.2, 0.25) is 0 Å². The molecule has 2 N–H and O–H groups in total. The molecule has 0 aromatic carbocycles. The Bertz CT molecular complexity index is 293. The summed E-state index contributed by atoms with van der Waals surface area (Å²) in [4.78, 5) is 7.65.